The highest BCUT2D eigenvalue weighted by molar-refractivity contribution is 7.99. The smallest absolute Gasteiger partial charge is 0.416 e. The lowest BCUT2D eigenvalue weighted by atomic mass is 10.2. The van der Waals surface area contributed by atoms with E-state index < -0.39 is 6.09 Å². The van der Waals surface area contributed by atoms with Crippen molar-refractivity contribution < 1.29 is 14.3 Å². The van der Waals surface area contributed by atoms with Crippen LogP contribution in [0.5, 0.6) is 0 Å². The van der Waals surface area contributed by atoms with Crippen molar-refractivity contribution in [2.24, 2.45) is 5.92 Å². The van der Waals surface area contributed by atoms with Gasteiger partial charge in [-0.1, -0.05) is 25.6 Å². The van der Waals surface area contributed by atoms with Crippen LogP contribution in [0, 0.1) is 19.8 Å². The molecule has 140 valence electrons. The molecule has 0 radical (unpaired) electrons. The molecule has 0 N–H and O–H groups in total. The first kappa shape index (κ1) is 18.9. The van der Waals surface area contributed by atoms with E-state index in [1.54, 1.807) is 4.57 Å². The number of hydrogen-bond donors (Lipinski definition) is 0. The number of thiophene rings is 1. The average Bonchev–Trinajstić information content (AvgIpc) is 3.12. The van der Waals surface area contributed by atoms with Crippen molar-refractivity contribution in [3.63, 3.8) is 0 Å². The average molecular weight is 396 g/mol. The van der Waals surface area contributed by atoms with Gasteiger partial charge in [0.25, 0.3) is 5.56 Å². The van der Waals surface area contributed by atoms with Gasteiger partial charge < -0.3 is 4.74 Å². The number of nitrogens with zero attached hydrogens (tertiary/aromatic N) is 3. The van der Waals surface area contributed by atoms with Gasteiger partial charge in [-0.25, -0.2) is 14.7 Å². The molecule has 0 bridgehead atoms. The van der Waals surface area contributed by atoms with Crippen LogP contribution in [-0.2, 0) is 16.1 Å². The topological polar surface area (TPSA) is 81.5 Å². The summed E-state index contributed by atoms with van der Waals surface area (Å²) in [4.78, 5) is 44.3. The highest BCUT2D eigenvalue weighted by Gasteiger charge is 2.28. The zero-order valence-corrected chi connectivity index (χ0v) is 16.8. The van der Waals surface area contributed by atoms with Crippen molar-refractivity contribution in [2.45, 2.75) is 39.4 Å². The summed E-state index contributed by atoms with van der Waals surface area (Å²) in [6.45, 7) is 9.00. The van der Waals surface area contributed by atoms with Crippen molar-refractivity contribution in [1.29, 1.82) is 0 Å². The Kier molecular flexibility index (Phi) is 5.38. The van der Waals surface area contributed by atoms with E-state index in [1.165, 1.54) is 23.1 Å². The second kappa shape index (κ2) is 7.40. The fraction of sp³-hybridized carbons (Fsp3) is 0.529. The van der Waals surface area contributed by atoms with Crippen LogP contribution in [0.15, 0.2) is 9.95 Å². The first-order valence-electron chi connectivity index (χ1n) is 8.40. The highest BCUT2D eigenvalue weighted by atomic mass is 32.2. The molecule has 1 aliphatic rings. The van der Waals surface area contributed by atoms with Gasteiger partial charge in [0.15, 0.2) is 5.16 Å². The second-order valence-electron chi connectivity index (χ2n) is 6.62. The Morgan fingerprint density at radius 2 is 2.08 bits per heavy atom. The predicted molar refractivity (Wildman–Crippen MR) is 102 cm³/mol. The number of amides is 2. The van der Waals surface area contributed by atoms with Crippen molar-refractivity contribution >= 4 is 45.3 Å². The summed E-state index contributed by atoms with van der Waals surface area (Å²) in [5.74, 6) is -0.0360. The quantitative estimate of drug-likeness (QED) is 0.572. The number of carbonyl (C=O) groups is 2. The molecule has 1 saturated heterocycles. The van der Waals surface area contributed by atoms with Crippen molar-refractivity contribution in [3.8, 4) is 0 Å². The molecule has 9 heteroatoms. The number of aryl methyl sites for hydroxylation is 2. The maximum atomic E-state index is 13.0. The minimum absolute atomic E-state index is 0.0362. The lowest BCUT2D eigenvalue weighted by Gasteiger charge is -2.15. The molecule has 2 aromatic heterocycles. The lowest BCUT2D eigenvalue weighted by molar-refractivity contribution is -0.125. The molecule has 2 aromatic rings. The van der Waals surface area contributed by atoms with Crippen LogP contribution >= 0.6 is 23.1 Å². The molecule has 0 saturated carbocycles. The molecule has 0 aliphatic carbocycles. The van der Waals surface area contributed by atoms with Gasteiger partial charge in [0, 0.05) is 11.4 Å². The number of cyclic esters (lactones) is 1. The Balaban J connectivity index is 1.94. The SMILES string of the molecule is Cc1sc2nc(SCC(=O)N3CCOC3=O)n(CC(C)C)c(=O)c2c1C. The van der Waals surface area contributed by atoms with Crippen LogP contribution in [0.25, 0.3) is 10.2 Å². The lowest BCUT2D eigenvalue weighted by Crippen LogP contribution is -2.33. The van der Waals surface area contributed by atoms with E-state index >= 15 is 0 Å². The molecule has 0 unspecified atom stereocenters. The van der Waals surface area contributed by atoms with E-state index in [1.807, 2.05) is 27.7 Å². The molecule has 3 heterocycles. The number of aromatic nitrogens is 2. The van der Waals surface area contributed by atoms with Crippen molar-refractivity contribution in [1.82, 2.24) is 14.5 Å². The van der Waals surface area contributed by atoms with Crippen LogP contribution in [0.3, 0.4) is 0 Å². The van der Waals surface area contributed by atoms with Gasteiger partial charge in [-0.05, 0) is 25.3 Å². The van der Waals surface area contributed by atoms with Gasteiger partial charge in [0.2, 0.25) is 5.91 Å². The second-order valence-corrected chi connectivity index (χ2v) is 8.76. The zero-order valence-electron chi connectivity index (χ0n) is 15.2. The van der Waals surface area contributed by atoms with E-state index in [0.717, 1.165) is 15.3 Å². The third kappa shape index (κ3) is 3.50. The molecular weight excluding hydrogens is 374 g/mol. The summed E-state index contributed by atoms with van der Waals surface area (Å²) in [5.41, 5.74) is 0.897. The van der Waals surface area contributed by atoms with Gasteiger partial charge in [-0.2, -0.15) is 0 Å². The third-order valence-corrected chi connectivity index (χ3v) is 6.25. The van der Waals surface area contributed by atoms with Gasteiger partial charge in [-0.3, -0.25) is 14.2 Å². The van der Waals surface area contributed by atoms with Crippen LogP contribution in [0.4, 0.5) is 4.79 Å². The number of rotatable bonds is 5. The molecule has 0 atom stereocenters. The largest absolute Gasteiger partial charge is 0.447 e. The van der Waals surface area contributed by atoms with E-state index in [0.29, 0.717) is 21.9 Å². The number of imide groups is 1. The molecule has 1 aliphatic heterocycles. The standard InChI is InChI=1S/C17H21N3O4S2/c1-9(2)7-20-15(22)13-10(3)11(4)26-14(13)18-16(20)25-8-12(21)19-5-6-24-17(19)23/h9H,5-8H2,1-4H3. The minimum Gasteiger partial charge on any atom is -0.447 e. The molecule has 0 spiro atoms. The Morgan fingerprint density at radius 3 is 2.69 bits per heavy atom. The monoisotopic (exact) mass is 395 g/mol. The minimum atomic E-state index is -0.608. The summed E-state index contributed by atoms with van der Waals surface area (Å²) in [6.07, 6.45) is -0.608. The molecule has 2 amide bonds. The molecule has 3 rings (SSSR count). The van der Waals surface area contributed by atoms with Crippen molar-refractivity contribution in [2.75, 3.05) is 18.9 Å². The Labute approximate surface area is 159 Å². The fourth-order valence-electron chi connectivity index (χ4n) is 2.77. The van der Waals surface area contributed by atoms with E-state index in [4.69, 9.17) is 4.74 Å². The molecule has 0 aromatic carbocycles. The molecule has 26 heavy (non-hydrogen) atoms. The third-order valence-electron chi connectivity index (χ3n) is 4.19. The number of thioether (sulfide) groups is 1. The van der Waals surface area contributed by atoms with Crippen LogP contribution < -0.4 is 5.56 Å². The number of fused-ring (bicyclic) bond motifs is 1. The predicted octanol–water partition coefficient (Wildman–Crippen LogP) is 2.80. The van der Waals surface area contributed by atoms with E-state index in [9.17, 15) is 14.4 Å². The fourth-order valence-corrected chi connectivity index (χ4v) is 4.72. The van der Waals surface area contributed by atoms with Gasteiger partial charge in [0.05, 0.1) is 17.7 Å². The summed E-state index contributed by atoms with van der Waals surface area (Å²) in [5, 5.41) is 1.17. The molecule has 1 fully saturated rings. The summed E-state index contributed by atoms with van der Waals surface area (Å²) >= 11 is 2.68. The summed E-state index contributed by atoms with van der Waals surface area (Å²) in [6, 6.07) is 0. The number of ether oxygens (including phenoxy) is 1. The first-order chi connectivity index (χ1) is 12.3. The summed E-state index contributed by atoms with van der Waals surface area (Å²) in [7, 11) is 0. The number of carbonyl (C=O) groups excluding carboxylic acids is 2. The Hall–Kier alpha value is -1.87. The molecular formula is C17H21N3O4S2. The van der Waals surface area contributed by atoms with Gasteiger partial charge in [-0.15, -0.1) is 11.3 Å². The van der Waals surface area contributed by atoms with Crippen LogP contribution in [0.1, 0.15) is 24.3 Å². The Bertz CT molecular complexity index is 932. The van der Waals surface area contributed by atoms with Crippen LogP contribution in [0.2, 0.25) is 0 Å². The zero-order chi connectivity index (χ0) is 19.0. The maximum Gasteiger partial charge on any atom is 0.416 e. The van der Waals surface area contributed by atoms with E-state index in [-0.39, 0.29) is 36.3 Å². The van der Waals surface area contributed by atoms with Crippen LogP contribution in [-0.4, -0.2) is 45.4 Å². The first-order valence-corrected chi connectivity index (χ1v) is 10.2. The Morgan fingerprint density at radius 1 is 1.35 bits per heavy atom. The number of hydrogen-bond acceptors (Lipinski definition) is 7. The summed E-state index contributed by atoms with van der Waals surface area (Å²) < 4.78 is 6.44. The maximum absolute atomic E-state index is 13.0. The highest BCUT2D eigenvalue weighted by Crippen LogP contribution is 2.28. The van der Waals surface area contributed by atoms with Crippen molar-refractivity contribution in [3.05, 3.63) is 20.8 Å². The van der Waals surface area contributed by atoms with E-state index in [2.05, 4.69) is 4.98 Å². The molecule has 7 nitrogen and oxygen atoms in total. The van der Waals surface area contributed by atoms with Gasteiger partial charge in [0.1, 0.15) is 11.4 Å². The normalized spacial score (nSPS) is 14.5. The van der Waals surface area contributed by atoms with Gasteiger partial charge >= 0.3 is 6.09 Å².